The molecule has 0 bridgehead atoms. The summed E-state index contributed by atoms with van der Waals surface area (Å²) in [5.41, 5.74) is 5.32. The van der Waals surface area contributed by atoms with Crippen LogP contribution in [0.5, 0.6) is 0 Å². The van der Waals surface area contributed by atoms with Gasteiger partial charge < -0.3 is 25.2 Å². The van der Waals surface area contributed by atoms with Crippen molar-refractivity contribution in [1.29, 1.82) is 0 Å². The van der Waals surface area contributed by atoms with E-state index < -0.39 is 51.1 Å². The molecule has 0 saturated carbocycles. The largest absolute Gasteiger partial charge is 0.480 e. The summed E-state index contributed by atoms with van der Waals surface area (Å²) in [5.74, 6) is -2.46. The Bertz CT molecular complexity index is 1110. The Balaban J connectivity index is 4.49. The average molecular weight is 784 g/mol. The Morgan fingerprint density at radius 2 is 1.00 bits per heavy atom. The Morgan fingerprint density at radius 3 is 1.56 bits per heavy atom. The molecule has 4 N–H and O–H groups in total. The molecule has 0 aliphatic carbocycles. The van der Waals surface area contributed by atoms with Crippen molar-refractivity contribution in [1.82, 2.24) is 0 Å². The van der Waals surface area contributed by atoms with Crippen LogP contribution in [0.2, 0.25) is 0 Å². The second kappa shape index (κ2) is 37.4. The molecule has 0 aliphatic rings. The molecule has 0 heterocycles. The van der Waals surface area contributed by atoms with Crippen LogP contribution in [0, 0.1) is 0 Å². The summed E-state index contributed by atoms with van der Waals surface area (Å²) in [4.78, 5) is 45.8. The minimum atomic E-state index is -4.73. The molecule has 3 atom stereocenters. The summed E-state index contributed by atoms with van der Waals surface area (Å²) >= 11 is 0. The van der Waals surface area contributed by atoms with Crippen molar-refractivity contribution < 1.29 is 47.5 Å². The zero-order valence-corrected chi connectivity index (χ0v) is 34.4. The number of aliphatic carboxylic acids is 1. The van der Waals surface area contributed by atoms with Gasteiger partial charge in [-0.05, 0) is 70.6 Å². The first kappa shape index (κ1) is 51.4. The van der Waals surface area contributed by atoms with Gasteiger partial charge in [0.1, 0.15) is 12.6 Å². The van der Waals surface area contributed by atoms with E-state index in [0.29, 0.717) is 19.3 Å². The highest BCUT2D eigenvalue weighted by molar-refractivity contribution is 7.47. The maximum atomic E-state index is 12.6. The standard InChI is InChI=1S/C42H74NO10P/c1-3-5-7-9-11-13-15-17-18-19-20-22-23-25-27-29-31-33-40(44)50-35-38(36-51-54(48,49)52-37-39(43)42(46)47)53-41(45)34-32-30-28-26-24-21-16-14-12-10-8-6-4-2/h14,16-18,20,22,25,27,38-39H,3-13,15,19,21,23-24,26,28-37,43H2,1-2H3,(H,46,47)(H,48,49)/b16-14-,18-17-,22-20-,27-25-/t38-,39+/m1/s1. The number of phosphoric acid groups is 1. The number of carboxylic acids is 1. The average Bonchev–Trinajstić information content (AvgIpc) is 3.14. The lowest BCUT2D eigenvalue weighted by molar-refractivity contribution is -0.161. The SMILES string of the molecule is CCCCCC/C=C\CCCCCCCC(=O)O[C@H](COC(=O)CCC/C=C\C/C=C\C/C=C\CCCCCCCC)COP(=O)(O)OC[C@H](N)C(=O)O. The molecule has 0 saturated heterocycles. The van der Waals surface area contributed by atoms with E-state index in [4.69, 9.17) is 24.8 Å². The highest BCUT2D eigenvalue weighted by Gasteiger charge is 2.28. The molecule has 11 nitrogen and oxygen atoms in total. The molecule has 0 aliphatic heterocycles. The molecule has 0 amide bonds. The molecule has 0 rings (SSSR count). The Labute approximate surface area is 326 Å². The summed E-state index contributed by atoms with van der Waals surface area (Å²) in [5, 5.41) is 8.87. The third-order valence-electron chi connectivity index (χ3n) is 8.55. The number of hydrogen-bond acceptors (Lipinski definition) is 9. The van der Waals surface area contributed by atoms with E-state index in [1.54, 1.807) is 0 Å². The van der Waals surface area contributed by atoms with Gasteiger partial charge in [-0.15, -0.1) is 0 Å². The number of carbonyl (C=O) groups excluding carboxylic acids is 2. The third-order valence-corrected chi connectivity index (χ3v) is 9.50. The zero-order valence-electron chi connectivity index (χ0n) is 33.6. The number of unbranched alkanes of at least 4 members (excludes halogenated alkanes) is 16. The van der Waals surface area contributed by atoms with Crippen molar-refractivity contribution >= 4 is 25.7 Å². The van der Waals surface area contributed by atoms with Crippen LogP contribution < -0.4 is 5.73 Å². The summed E-state index contributed by atoms with van der Waals surface area (Å²) in [7, 11) is -4.73. The van der Waals surface area contributed by atoms with Crippen molar-refractivity contribution in [2.24, 2.45) is 5.73 Å². The predicted molar refractivity (Wildman–Crippen MR) is 217 cm³/mol. The maximum Gasteiger partial charge on any atom is 0.472 e. The topological polar surface area (TPSA) is 172 Å². The minimum Gasteiger partial charge on any atom is -0.480 e. The summed E-state index contributed by atoms with van der Waals surface area (Å²) in [6.45, 7) is 2.70. The van der Waals surface area contributed by atoms with E-state index in [1.165, 1.54) is 64.2 Å². The molecule has 0 aromatic heterocycles. The van der Waals surface area contributed by atoms with Crippen LogP contribution in [-0.2, 0) is 37.5 Å². The lowest BCUT2D eigenvalue weighted by Crippen LogP contribution is -2.34. The molecule has 0 spiro atoms. The second-order valence-electron chi connectivity index (χ2n) is 13.8. The number of allylic oxidation sites excluding steroid dienone is 8. The van der Waals surface area contributed by atoms with Crippen LogP contribution in [0.3, 0.4) is 0 Å². The Hall–Kier alpha value is -2.56. The van der Waals surface area contributed by atoms with Gasteiger partial charge in [-0.2, -0.15) is 0 Å². The maximum absolute atomic E-state index is 12.6. The highest BCUT2D eigenvalue weighted by Crippen LogP contribution is 2.43. The van der Waals surface area contributed by atoms with Gasteiger partial charge in [0.15, 0.2) is 6.10 Å². The number of carbonyl (C=O) groups is 3. The van der Waals surface area contributed by atoms with Crippen LogP contribution in [0.25, 0.3) is 0 Å². The van der Waals surface area contributed by atoms with Gasteiger partial charge in [0, 0.05) is 12.8 Å². The number of nitrogens with two attached hydrogens (primary N) is 1. The van der Waals surface area contributed by atoms with Crippen molar-refractivity contribution in [3.05, 3.63) is 48.6 Å². The summed E-state index contributed by atoms with van der Waals surface area (Å²) < 4.78 is 32.6. The van der Waals surface area contributed by atoms with Crippen LogP contribution in [0.1, 0.15) is 168 Å². The normalized spacial score (nSPS) is 14.3. The molecule has 12 heteroatoms. The zero-order chi connectivity index (χ0) is 40.0. The quantitative estimate of drug-likeness (QED) is 0.0235. The van der Waals surface area contributed by atoms with Crippen LogP contribution in [0.4, 0.5) is 0 Å². The van der Waals surface area contributed by atoms with Gasteiger partial charge in [-0.3, -0.25) is 23.4 Å². The molecular weight excluding hydrogens is 709 g/mol. The van der Waals surface area contributed by atoms with Crippen LogP contribution in [-0.4, -0.2) is 59.9 Å². The molecule has 0 aromatic carbocycles. The fraction of sp³-hybridized carbons (Fsp3) is 0.738. The number of esters is 2. The molecule has 0 aromatic rings. The van der Waals surface area contributed by atoms with Crippen LogP contribution in [0.15, 0.2) is 48.6 Å². The van der Waals surface area contributed by atoms with Crippen LogP contribution >= 0.6 is 7.82 Å². The van der Waals surface area contributed by atoms with Gasteiger partial charge in [0.25, 0.3) is 0 Å². The lowest BCUT2D eigenvalue weighted by Gasteiger charge is -2.20. The molecular formula is C42H74NO10P. The smallest absolute Gasteiger partial charge is 0.472 e. The lowest BCUT2D eigenvalue weighted by atomic mass is 10.1. The molecule has 312 valence electrons. The molecule has 54 heavy (non-hydrogen) atoms. The van der Waals surface area contributed by atoms with Gasteiger partial charge in [-0.1, -0.05) is 133 Å². The highest BCUT2D eigenvalue weighted by atomic mass is 31.2. The summed E-state index contributed by atoms with van der Waals surface area (Å²) in [6, 6.07) is -1.53. The number of ether oxygens (including phenoxy) is 2. The predicted octanol–water partition coefficient (Wildman–Crippen LogP) is 10.6. The number of carboxylic acid groups (broad SMARTS) is 1. The molecule has 1 unspecified atom stereocenters. The number of hydrogen-bond donors (Lipinski definition) is 3. The number of rotatable bonds is 38. The van der Waals surface area contributed by atoms with E-state index in [9.17, 15) is 23.8 Å². The van der Waals surface area contributed by atoms with Crippen molar-refractivity contribution in [2.45, 2.75) is 180 Å². The fourth-order valence-electron chi connectivity index (χ4n) is 5.25. The summed E-state index contributed by atoms with van der Waals surface area (Å²) in [6.07, 6.45) is 40.4. The van der Waals surface area contributed by atoms with E-state index in [2.05, 4.69) is 60.9 Å². The van der Waals surface area contributed by atoms with Crippen molar-refractivity contribution in [3.63, 3.8) is 0 Å². The Kier molecular flexibility index (Phi) is 35.6. The monoisotopic (exact) mass is 784 g/mol. The van der Waals surface area contributed by atoms with Gasteiger partial charge in [0.2, 0.25) is 0 Å². The van der Waals surface area contributed by atoms with Gasteiger partial charge in [0.05, 0.1) is 13.2 Å². The van der Waals surface area contributed by atoms with E-state index >= 15 is 0 Å². The first-order valence-electron chi connectivity index (χ1n) is 20.7. The molecule has 0 fully saturated rings. The van der Waals surface area contributed by atoms with Crippen molar-refractivity contribution in [2.75, 3.05) is 19.8 Å². The third kappa shape index (κ3) is 36.4. The van der Waals surface area contributed by atoms with E-state index in [1.807, 2.05) is 6.08 Å². The second-order valence-corrected chi connectivity index (χ2v) is 15.2. The van der Waals surface area contributed by atoms with Crippen molar-refractivity contribution in [3.8, 4) is 0 Å². The van der Waals surface area contributed by atoms with Gasteiger partial charge >= 0.3 is 25.7 Å². The molecule has 0 radical (unpaired) electrons. The first-order chi connectivity index (χ1) is 26.1. The fourth-order valence-corrected chi connectivity index (χ4v) is 6.03. The van der Waals surface area contributed by atoms with E-state index in [0.717, 1.165) is 57.8 Å². The number of phosphoric ester groups is 1. The van der Waals surface area contributed by atoms with E-state index in [-0.39, 0.29) is 19.4 Å². The van der Waals surface area contributed by atoms with Gasteiger partial charge in [-0.25, -0.2) is 4.57 Å². The first-order valence-corrected chi connectivity index (χ1v) is 22.2. The minimum absolute atomic E-state index is 0.139. The Morgan fingerprint density at radius 1 is 0.574 bits per heavy atom.